The molecule has 2 aromatic rings. The van der Waals surface area contributed by atoms with Gasteiger partial charge in [0.1, 0.15) is 5.75 Å². The van der Waals surface area contributed by atoms with E-state index in [4.69, 9.17) is 19.2 Å². The van der Waals surface area contributed by atoms with Crippen LogP contribution in [0.1, 0.15) is 30.4 Å². The summed E-state index contributed by atoms with van der Waals surface area (Å²) in [6, 6.07) is 15.9. The Kier molecular flexibility index (Phi) is 7.97. The van der Waals surface area contributed by atoms with Crippen molar-refractivity contribution in [2.45, 2.75) is 25.0 Å². The van der Waals surface area contributed by atoms with E-state index in [0.717, 1.165) is 38.9 Å². The molecule has 0 amide bonds. The number of thioether (sulfide) groups is 1. The van der Waals surface area contributed by atoms with Gasteiger partial charge in [0.05, 0.1) is 44.7 Å². The van der Waals surface area contributed by atoms with Gasteiger partial charge in [0.25, 0.3) is 0 Å². The monoisotopic (exact) mass is 425 g/mol. The van der Waals surface area contributed by atoms with Gasteiger partial charge >= 0.3 is 5.97 Å². The van der Waals surface area contributed by atoms with Crippen molar-refractivity contribution in [2.24, 2.45) is 10.9 Å². The Hall–Kier alpha value is -2.73. The van der Waals surface area contributed by atoms with Crippen LogP contribution >= 0.6 is 11.8 Å². The van der Waals surface area contributed by atoms with E-state index < -0.39 is 0 Å². The lowest BCUT2D eigenvalue weighted by molar-refractivity contribution is -0.139. The maximum Gasteiger partial charge on any atom is 0.310 e. The largest absolute Gasteiger partial charge is 0.504 e. The number of hydrogen-bond donors (Lipinski definition) is 0. The Labute approximate surface area is 182 Å². The second kappa shape index (κ2) is 10.9. The summed E-state index contributed by atoms with van der Waals surface area (Å²) in [7, 11) is 4.64. The van der Waals surface area contributed by atoms with E-state index in [1.807, 2.05) is 42.5 Å². The summed E-state index contributed by atoms with van der Waals surface area (Å²) >= 11 is 1.76. The Bertz CT molecular complexity index is 917. The van der Waals surface area contributed by atoms with Gasteiger partial charge in [-0.1, -0.05) is 24.3 Å². The summed E-state index contributed by atoms with van der Waals surface area (Å²) in [5.74, 6) is 1.84. The van der Waals surface area contributed by atoms with Crippen molar-refractivity contribution < 1.29 is 19.0 Å². The highest BCUT2D eigenvalue weighted by atomic mass is 32.2. The van der Waals surface area contributed by atoms with E-state index in [2.05, 4.69) is 6.07 Å². The molecular weight excluding hydrogens is 398 g/mol. The smallest absolute Gasteiger partial charge is 0.310 e. The van der Waals surface area contributed by atoms with Crippen LogP contribution in [0.3, 0.4) is 0 Å². The van der Waals surface area contributed by atoms with Crippen molar-refractivity contribution in [3.05, 3.63) is 65.9 Å². The topological polar surface area (TPSA) is 57.1 Å². The van der Waals surface area contributed by atoms with E-state index in [1.54, 1.807) is 32.2 Å². The molecule has 0 saturated heterocycles. The predicted octanol–water partition coefficient (Wildman–Crippen LogP) is 5.62. The minimum Gasteiger partial charge on any atom is -0.504 e. The molecule has 0 aliphatic heterocycles. The lowest BCUT2D eigenvalue weighted by Crippen LogP contribution is -2.04. The SMILES string of the molecule is CO/C=C(\CC(=O)OC)c1ccccc1CSC(=Nc1ccc(OC)cc1)C1CC1. The molecule has 6 heteroatoms. The average molecular weight is 426 g/mol. The molecular formula is C24H27NO4S. The number of carbonyl (C=O) groups is 1. The Morgan fingerprint density at radius 3 is 2.47 bits per heavy atom. The lowest BCUT2D eigenvalue weighted by Gasteiger charge is -2.13. The van der Waals surface area contributed by atoms with E-state index >= 15 is 0 Å². The molecule has 0 radical (unpaired) electrons. The maximum absolute atomic E-state index is 11.8. The van der Waals surface area contributed by atoms with Crippen molar-refractivity contribution >= 4 is 34.0 Å². The molecule has 158 valence electrons. The summed E-state index contributed by atoms with van der Waals surface area (Å²) in [6.45, 7) is 0. The first kappa shape index (κ1) is 22.0. The van der Waals surface area contributed by atoms with Crippen LogP contribution in [0.5, 0.6) is 5.75 Å². The normalized spacial score (nSPS) is 14.4. The summed E-state index contributed by atoms with van der Waals surface area (Å²) in [6.07, 6.45) is 4.15. The first-order valence-electron chi connectivity index (χ1n) is 9.87. The third kappa shape index (κ3) is 6.13. The number of hydrogen-bond acceptors (Lipinski definition) is 6. The van der Waals surface area contributed by atoms with Crippen molar-refractivity contribution in [1.82, 2.24) is 0 Å². The second-order valence-electron chi connectivity index (χ2n) is 7.00. The van der Waals surface area contributed by atoms with Crippen LogP contribution in [0.25, 0.3) is 5.57 Å². The molecule has 0 spiro atoms. The van der Waals surface area contributed by atoms with Crippen LogP contribution in [0.15, 0.2) is 59.8 Å². The first-order valence-corrected chi connectivity index (χ1v) is 10.9. The van der Waals surface area contributed by atoms with Gasteiger partial charge in [-0.3, -0.25) is 4.79 Å². The molecule has 0 bridgehead atoms. The molecule has 3 rings (SSSR count). The van der Waals surface area contributed by atoms with Crippen LogP contribution in [0.4, 0.5) is 5.69 Å². The van der Waals surface area contributed by atoms with Gasteiger partial charge in [-0.2, -0.15) is 0 Å². The standard InChI is InChI=1S/C24H27NO4S/c1-27-15-19(14-23(26)29-3)22-7-5-4-6-18(22)16-30-24(17-8-9-17)25-20-10-12-21(28-2)13-11-20/h4-7,10-13,15,17H,8-9,14,16H2,1-3H3/b19-15+,25-24?. The number of rotatable bonds is 9. The molecule has 1 aliphatic carbocycles. The summed E-state index contributed by atoms with van der Waals surface area (Å²) in [5.41, 5.74) is 3.87. The second-order valence-corrected chi connectivity index (χ2v) is 8.00. The molecule has 0 unspecified atom stereocenters. The van der Waals surface area contributed by atoms with E-state index in [0.29, 0.717) is 5.92 Å². The lowest BCUT2D eigenvalue weighted by atomic mass is 9.99. The number of methoxy groups -OCH3 is 3. The van der Waals surface area contributed by atoms with E-state index in [9.17, 15) is 4.79 Å². The van der Waals surface area contributed by atoms with Crippen LogP contribution in [0.2, 0.25) is 0 Å². The molecule has 0 aromatic heterocycles. The van der Waals surface area contributed by atoms with Gasteiger partial charge in [-0.25, -0.2) is 4.99 Å². The Balaban J connectivity index is 1.79. The van der Waals surface area contributed by atoms with Crippen molar-refractivity contribution in [3.8, 4) is 5.75 Å². The van der Waals surface area contributed by atoms with E-state index in [1.165, 1.54) is 20.0 Å². The molecule has 0 N–H and O–H groups in total. The van der Waals surface area contributed by atoms with E-state index in [-0.39, 0.29) is 12.4 Å². The van der Waals surface area contributed by atoms with Gasteiger partial charge in [-0.05, 0) is 48.2 Å². The molecule has 0 heterocycles. The highest BCUT2D eigenvalue weighted by molar-refractivity contribution is 8.13. The summed E-state index contributed by atoms with van der Waals surface area (Å²) in [5, 5.41) is 1.15. The van der Waals surface area contributed by atoms with Gasteiger partial charge < -0.3 is 14.2 Å². The van der Waals surface area contributed by atoms with Crippen molar-refractivity contribution in [1.29, 1.82) is 0 Å². The molecule has 1 fully saturated rings. The summed E-state index contributed by atoms with van der Waals surface area (Å²) in [4.78, 5) is 16.7. The van der Waals surface area contributed by atoms with Crippen molar-refractivity contribution in [3.63, 3.8) is 0 Å². The van der Waals surface area contributed by atoms with Crippen LogP contribution in [0, 0.1) is 5.92 Å². The minimum atomic E-state index is -0.291. The zero-order chi connectivity index (χ0) is 21.3. The number of benzene rings is 2. The fraction of sp³-hybridized carbons (Fsp3) is 0.333. The zero-order valence-electron chi connectivity index (χ0n) is 17.6. The Morgan fingerprint density at radius 1 is 1.10 bits per heavy atom. The highest BCUT2D eigenvalue weighted by Crippen LogP contribution is 2.38. The Morgan fingerprint density at radius 2 is 1.83 bits per heavy atom. The number of aliphatic imine (C=N–C) groups is 1. The van der Waals surface area contributed by atoms with Gasteiger partial charge in [0, 0.05) is 17.2 Å². The first-order chi connectivity index (χ1) is 14.6. The number of carbonyl (C=O) groups excluding carboxylic acids is 1. The van der Waals surface area contributed by atoms with Crippen molar-refractivity contribution in [2.75, 3.05) is 21.3 Å². The quantitative estimate of drug-likeness (QED) is 0.226. The fourth-order valence-corrected chi connectivity index (χ4v) is 4.23. The fourth-order valence-electron chi connectivity index (χ4n) is 3.04. The van der Waals surface area contributed by atoms with Gasteiger partial charge in [0.2, 0.25) is 0 Å². The van der Waals surface area contributed by atoms with Gasteiger partial charge in [0.15, 0.2) is 0 Å². The van der Waals surface area contributed by atoms with Crippen LogP contribution < -0.4 is 4.74 Å². The maximum atomic E-state index is 11.8. The van der Waals surface area contributed by atoms with Crippen LogP contribution in [-0.2, 0) is 20.0 Å². The molecule has 0 atom stereocenters. The zero-order valence-corrected chi connectivity index (χ0v) is 18.4. The van der Waals surface area contributed by atoms with Crippen LogP contribution in [-0.4, -0.2) is 32.3 Å². The third-order valence-corrected chi connectivity index (χ3v) is 5.98. The third-order valence-electron chi connectivity index (χ3n) is 4.80. The summed E-state index contributed by atoms with van der Waals surface area (Å²) < 4.78 is 15.3. The molecule has 5 nitrogen and oxygen atoms in total. The minimum absolute atomic E-state index is 0.168. The number of nitrogens with zero attached hydrogens (tertiary/aromatic N) is 1. The molecule has 1 aliphatic rings. The number of ether oxygens (including phenoxy) is 3. The predicted molar refractivity (Wildman–Crippen MR) is 122 cm³/mol. The number of esters is 1. The molecule has 2 aromatic carbocycles. The molecule has 1 saturated carbocycles. The molecule has 30 heavy (non-hydrogen) atoms. The van der Waals surface area contributed by atoms with Gasteiger partial charge in [-0.15, -0.1) is 11.8 Å². The highest BCUT2D eigenvalue weighted by Gasteiger charge is 2.28. The average Bonchev–Trinajstić information content (AvgIpc) is 3.62.